The van der Waals surface area contributed by atoms with E-state index < -0.39 is 0 Å². The van der Waals surface area contributed by atoms with Crippen LogP contribution in [0.1, 0.15) is 6.42 Å². The van der Waals surface area contributed by atoms with Gasteiger partial charge in [0.25, 0.3) is 0 Å². The molecule has 13 heavy (non-hydrogen) atoms. The molecular weight excluding hydrogens is 246 g/mol. The molecule has 0 radical (unpaired) electrons. The van der Waals surface area contributed by atoms with E-state index in [0.717, 1.165) is 6.54 Å². The molecule has 0 saturated heterocycles. The molecule has 0 fully saturated rings. The van der Waals surface area contributed by atoms with Crippen molar-refractivity contribution in [2.24, 2.45) is 0 Å². The summed E-state index contributed by atoms with van der Waals surface area (Å²) >= 11 is 5.43. The van der Waals surface area contributed by atoms with E-state index in [0.29, 0.717) is 0 Å². The molecule has 1 aromatic rings. The lowest BCUT2D eigenvalue weighted by molar-refractivity contribution is 0.778. The first-order valence-corrected chi connectivity index (χ1v) is 6.14. The zero-order chi connectivity index (χ0) is 9.52. The molecule has 1 nitrogen and oxygen atoms in total. The Hall–Kier alpha value is 0.01000. The first kappa shape index (κ1) is 11.1. The smallest absolute Gasteiger partial charge is 0.0311 e. The van der Waals surface area contributed by atoms with E-state index in [1.165, 1.54) is 21.5 Å². The zero-order valence-corrected chi connectivity index (χ0v) is 10.1. The van der Waals surface area contributed by atoms with Crippen LogP contribution in [-0.2, 0) is 0 Å². The molecule has 3 heteroatoms. The summed E-state index contributed by atoms with van der Waals surface area (Å²) in [6.45, 7) is 1.09. The van der Waals surface area contributed by atoms with Gasteiger partial charge in [-0.05, 0) is 53.8 Å². The highest BCUT2D eigenvalue weighted by Gasteiger charge is 1.97. The fraction of sp³-hybridized carbons (Fsp3) is 0.400. The van der Waals surface area contributed by atoms with Gasteiger partial charge in [-0.15, -0.1) is 11.8 Å². The minimum absolute atomic E-state index is 1.09. The van der Waals surface area contributed by atoms with Crippen molar-refractivity contribution in [1.29, 1.82) is 0 Å². The third-order valence-electron chi connectivity index (χ3n) is 1.67. The molecule has 0 bridgehead atoms. The lowest BCUT2D eigenvalue weighted by atomic mass is 10.4. The van der Waals surface area contributed by atoms with Crippen LogP contribution in [0.3, 0.4) is 0 Å². The normalized spacial score (nSPS) is 10.3. The van der Waals surface area contributed by atoms with Crippen LogP contribution in [0.4, 0.5) is 0 Å². The Morgan fingerprint density at radius 3 is 2.85 bits per heavy atom. The van der Waals surface area contributed by atoms with Gasteiger partial charge in [0, 0.05) is 9.37 Å². The zero-order valence-electron chi connectivity index (χ0n) is 7.72. The van der Waals surface area contributed by atoms with Gasteiger partial charge in [-0.3, -0.25) is 0 Å². The van der Waals surface area contributed by atoms with Crippen LogP contribution in [-0.4, -0.2) is 19.3 Å². The molecule has 72 valence electrons. The van der Waals surface area contributed by atoms with E-state index in [1.807, 2.05) is 24.9 Å². The molecule has 1 N–H and O–H groups in total. The topological polar surface area (TPSA) is 12.0 Å². The average Bonchev–Trinajstić information content (AvgIpc) is 2.15. The van der Waals surface area contributed by atoms with Crippen molar-refractivity contribution in [2.45, 2.75) is 11.3 Å². The van der Waals surface area contributed by atoms with E-state index in [-0.39, 0.29) is 0 Å². The third-order valence-corrected chi connectivity index (χ3v) is 3.78. The lowest BCUT2D eigenvalue weighted by Gasteiger charge is -2.03. The molecule has 0 aliphatic heterocycles. The summed E-state index contributed by atoms with van der Waals surface area (Å²) < 4.78 is 1.20. The minimum atomic E-state index is 1.09. The second kappa shape index (κ2) is 6.46. The predicted molar refractivity (Wildman–Crippen MR) is 63.4 cm³/mol. The van der Waals surface area contributed by atoms with E-state index in [4.69, 9.17) is 0 Å². The summed E-state index contributed by atoms with van der Waals surface area (Å²) in [6.07, 6.45) is 1.21. The Bertz CT molecular complexity index is 252. The Morgan fingerprint density at radius 2 is 2.15 bits per heavy atom. The van der Waals surface area contributed by atoms with Gasteiger partial charge in [0.1, 0.15) is 0 Å². The van der Waals surface area contributed by atoms with Gasteiger partial charge >= 0.3 is 0 Å². The van der Waals surface area contributed by atoms with Crippen molar-refractivity contribution in [3.05, 3.63) is 28.7 Å². The maximum Gasteiger partial charge on any atom is 0.0311 e. The minimum Gasteiger partial charge on any atom is -0.320 e. The molecule has 1 aromatic carbocycles. The van der Waals surface area contributed by atoms with Gasteiger partial charge < -0.3 is 5.32 Å². The summed E-state index contributed by atoms with van der Waals surface area (Å²) in [7, 11) is 1.99. The molecule has 0 heterocycles. The third kappa shape index (κ3) is 4.16. The molecule has 0 unspecified atom stereocenters. The molecule has 0 saturated carbocycles. The van der Waals surface area contributed by atoms with Crippen molar-refractivity contribution in [2.75, 3.05) is 19.3 Å². The van der Waals surface area contributed by atoms with Crippen LogP contribution in [0, 0.1) is 0 Å². The van der Waals surface area contributed by atoms with E-state index in [2.05, 4.69) is 39.4 Å². The fourth-order valence-corrected chi connectivity index (χ4v) is 2.51. The van der Waals surface area contributed by atoms with Crippen LogP contribution >= 0.6 is 27.7 Å². The molecular formula is C10H14BrNS. The van der Waals surface area contributed by atoms with Crippen LogP contribution in [0.15, 0.2) is 33.6 Å². The summed E-state index contributed by atoms with van der Waals surface area (Å²) in [5, 5.41) is 3.14. The number of halogens is 1. The van der Waals surface area contributed by atoms with E-state index in [9.17, 15) is 0 Å². The first-order chi connectivity index (χ1) is 6.34. The Kier molecular flexibility index (Phi) is 5.51. The number of rotatable bonds is 5. The first-order valence-electron chi connectivity index (χ1n) is 4.36. The molecule has 0 atom stereocenters. The van der Waals surface area contributed by atoms with Gasteiger partial charge in [0.05, 0.1) is 0 Å². The van der Waals surface area contributed by atoms with Crippen molar-refractivity contribution >= 4 is 27.7 Å². The molecule has 0 aromatic heterocycles. The largest absolute Gasteiger partial charge is 0.320 e. The number of hydrogen-bond acceptors (Lipinski definition) is 2. The molecule has 0 aliphatic carbocycles. The standard InChI is InChI=1S/C10H14BrNS/c1-12-7-4-8-13-10-6-3-2-5-9(10)11/h2-3,5-6,12H,4,7-8H2,1H3. The summed E-state index contributed by atoms with van der Waals surface area (Å²) in [5.74, 6) is 1.17. The van der Waals surface area contributed by atoms with E-state index >= 15 is 0 Å². The monoisotopic (exact) mass is 259 g/mol. The summed E-state index contributed by atoms with van der Waals surface area (Å²) in [5.41, 5.74) is 0. The summed E-state index contributed by atoms with van der Waals surface area (Å²) in [6, 6.07) is 8.35. The highest BCUT2D eigenvalue weighted by Crippen LogP contribution is 2.27. The lowest BCUT2D eigenvalue weighted by Crippen LogP contribution is -2.07. The highest BCUT2D eigenvalue weighted by atomic mass is 79.9. The quantitative estimate of drug-likeness (QED) is 0.644. The molecule has 1 rings (SSSR count). The highest BCUT2D eigenvalue weighted by molar-refractivity contribution is 9.10. The second-order valence-electron chi connectivity index (χ2n) is 2.74. The fourth-order valence-electron chi connectivity index (χ4n) is 0.993. The van der Waals surface area contributed by atoms with Gasteiger partial charge in [0.15, 0.2) is 0 Å². The van der Waals surface area contributed by atoms with E-state index in [1.54, 1.807) is 0 Å². The van der Waals surface area contributed by atoms with Crippen LogP contribution < -0.4 is 5.32 Å². The molecule has 0 aliphatic rings. The SMILES string of the molecule is CNCCCSc1ccccc1Br. The maximum absolute atomic E-state index is 3.53. The molecule has 0 amide bonds. The van der Waals surface area contributed by atoms with Crippen molar-refractivity contribution in [1.82, 2.24) is 5.32 Å². The average molecular weight is 260 g/mol. The van der Waals surface area contributed by atoms with Crippen molar-refractivity contribution < 1.29 is 0 Å². The van der Waals surface area contributed by atoms with Crippen LogP contribution in [0.2, 0.25) is 0 Å². The molecule has 0 spiro atoms. The van der Waals surface area contributed by atoms with Crippen LogP contribution in [0.25, 0.3) is 0 Å². The van der Waals surface area contributed by atoms with Crippen molar-refractivity contribution in [3.63, 3.8) is 0 Å². The van der Waals surface area contributed by atoms with Crippen molar-refractivity contribution in [3.8, 4) is 0 Å². The van der Waals surface area contributed by atoms with Gasteiger partial charge in [-0.2, -0.15) is 0 Å². The predicted octanol–water partition coefficient (Wildman–Crippen LogP) is 3.15. The number of hydrogen-bond donors (Lipinski definition) is 1. The number of benzene rings is 1. The van der Waals surface area contributed by atoms with Gasteiger partial charge in [-0.1, -0.05) is 12.1 Å². The second-order valence-corrected chi connectivity index (χ2v) is 4.73. The van der Waals surface area contributed by atoms with Gasteiger partial charge in [-0.25, -0.2) is 0 Å². The van der Waals surface area contributed by atoms with Crippen LogP contribution in [0.5, 0.6) is 0 Å². The van der Waals surface area contributed by atoms with Gasteiger partial charge in [0.2, 0.25) is 0 Å². The maximum atomic E-state index is 3.53. The Balaban J connectivity index is 2.32. The number of thioether (sulfide) groups is 1. The summed E-state index contributed by atoms with van der Waals surface area (Å²) in [4.78, 5) is 1.33. The Morgan fingerprint density at radius 1 is 1.38 bits per heavy atom. The number of nitrogens with one attached hydrogen (secondary N) is 1. The Labute approximate surface area is 92.4 Å².